The first-order valence-electron chi connectivity index (χ1n) is 5.18. The maximum absolute atomic E-state index is 12.9. The Hall–Kier alpha value is -0.940. The van der Waals surface area contributed by atoms with Gasteiger partial charge in [0.2, 0.25) is 0 Å². The van der Waals surface area contributed by atoms with Gasteiger partial charge in [0.1, 0.15) is 0 Å². The van der Waals surface area contributed by atoms with Crippen molar-refractivity contribution in [3.63, 3.8) is 0 Å². The molecule has 1 aliphatic rings. The van der Waals surface area contributed by atoms with Gasteiger partial charge in [0, 0.05) is 23.8 Å². The molecule has 1 aromatic carbocycles. The first-order valence-corrected chi connectivity index (χ1v) is 5.56. The Labute approximate surface area is 102 Å². The zero-order valence-corrected chi connectivity index (χ0v) is 9.68. The summed E-state index contributed by atoms with van der Waals surface area (Å²) in [6.07, 6.45) is -4.39. The van der Waals surface area contributed by atoms with E-state index in [9.17, 15) is 13.2 Å². The van der Waals surface area contributed by atoms with Crippen LogP contribution in [-0.2, 0) is 10.9 Å². The highest BCUT2D eigenvalue weighted by molar-refractivity contribution is 6.30. The molecule has 1 aromatic rings. The Balaban J connectivity index is 2.38. The molecule has 0 radical (unpaired) electrons. The predicted octanol–water partition coefficient (Wildman–Crippen LogP) is 3.20. The number of morpholine rings is 1. The number of halogens is 4. The van der Waals surface area contributed by atoms with Crippen LogP contribution in [-0.4, -0.2) is 26.3 Å². The van der Waals surface area contributed by atoms with E-state index in [0.29, 0.717) is 26.3 Å². The summed E-state index contributed by atoms with van der Waals surface area (Å²) in [7, 11) is 0. The lowest BCUT2D eigenvalue weighted by Gasteiger charge is -2.31. The van der Waals surface area contributed by atoms with Crippen LogP contribution in [0.3, 0.4) is 0 Å². The molecule has 1 heterocycles. The maximum Gasteiger partial charge on any atom is 0.418 e. The standard InChI is InChI=1S/C11H11ClF3NO/c12-8-1-2-10(9(7-8)11(13,14)15)16-3-5-17-6-4-16/h1-2,7H,3-6H2. The first-order chi connectivity index (χ1) is 7.98. The molecule has 0 N–H and O–H groups in total. The minimum atomic E-state index is -4.39. The van der Waals surface area contributed by atoms with Crippen molar-refractivity contribution in [2.24, 2.45) is 0 Å². The highest BCUT2D eigenvalue weighted by atomic mass is 35.5. The third-order valence-corrected chi connectivity index (χ3v) is 2.85. The molecular formula is C11H11ClF3NO. The van der Waals surface area contributed by atoms with Gasteiger partial charge in [-0.2, -0.15) is 13.2 Å². The summed E-state index contributed by atoms with van der Waals surface area (Å²) < 4.78 is 43.7. The van der Waals surface area contributed by atoms with Gasteiger partial charge in [0.15, 0.2) is 0 Å². The molecule has 0 unspecified atom stereocenters. The minimum Gasteiger partial charge on any atom is -0.378 e. The zero-order chi connectivity index (χ0) is 12.5. The molecule has 1 aliphatic heterocycles. The molecule has 1 saturated heterocycles. The van der Waals surface area contributed by atoms with Crippen LogP contribution in [0.1, 0.15) is 5.56 Å². The molecule has 2 nitrogen and oxygen atoms in total. The molecule has 0 aromatic heterocycles. The minimum absolute atomic E-state index is 0.0920. The molecule has 1 fully saturated rings. The zero-order valence-electron chi connectivity index (χ0n) is 8.93. The Bertz CT molecular complexity index is 402. The van der Waals surface area contributed by atoms with Crippen LogP contribution in [0.2, 0.25) is 5.02 Å². The van der Waals surface area contributed by atoms with Crippen molar-refractivity contribution in [3.8, 4) is 0 Å². The molecule has 0 bridgehead atoms. The molecular weight excluding hydrogens is 255 g/mol. The van der Waals surface area contributed by atoms with Crippen molar-refractivity contribution in [2.45, 2.75) is 6.18 Å². The fourth-order valence-corrected chi connectivity index (χ4v) is 1.99. The van der Waals surface area contributed by atoms with Crippen molar-refractivity contribution < 1.29 is 17.9 Å². The number of hydrogen-bond donors (Lipinski definition) is 0. The van der Waals surface area contributed by atoms with Gasteiger partial charge in [0.25, 0.3) is 0 Å². The fraction of sp³-hybridized carbons (Fsp3) is 0.455. The molecule has 0 atom stereocenters. The van der Waals surface area contributed by atoms with Crippen LogP contribution in [0.25, 0.3) is 0 Å². The normalized spacial score (nSPS) is 17.3. The lowest BCUT2D eigenvalue weighted by molar-refractivity contribution is -0.137. The molecule has 6 heteroatoms. The van der Waals surface area contributed by atoms with Gasteiger partial charge in [-0.3, -0.25) is 0 Å². The van der Waals surface area contributed by atoms with Gasteiger partial charge in [-0.25, -0.2) is 0 Å². The second-order valence-electron chi connectivity index (χ2n) is 3.76. The second-order valence-corrected chi connectivity index (χ2v) is 4.20. The third-order valence-electron chi connectivity index (χ3n) is 2.62. The van der Waals surface area contributed by atoms with E-state index in [4.69, 9.17) is 16.3 Å². The van der Waals surface area contributed by atoms with Crippen LogP contribution in [0.5, 0.6) is 0 Å². The molecule has 0 amide bonds. The highest BCUT2D eigenvalue weighted by Crippen LogP contribution is 2.38. The molecule has 0 saturated carbocycles. The van der Waals surface area contributed by atoms with E-state index in [-0.39, 0.29) is 10.7 Å². The number of hydrogen-bond acceptors (Lipinski definition) is 2. The molecule has 94 valence electrons. The van der Waals surface area contributed by atoms with E-state index in [1.807, 2.05) is 0 Å². The van der Waals surface area contributed by atoms with Crippen molar-refractivity contribution >= 4 is 17.3 Å². The van der Waals surface area contributed by atoms with Gasteiger partial charge in [-0.1, -0.05) is 11.6 Å². The molecule has 0 aliphatic carbocycles. The summed E-state index contributed by atoms with van der Waals surface area (Å²) in [6.45, 7) is 1.81. The third kappa shape index (κ3) is 2.84. The predicted molar refractivity (Wildman–Crippen MR) is 59.5 cm³/mol. The Morgan fingerprint density at radius 3 is 2.41 bits per heavy atom. The summed E-state index contributed by atoms with van der Waals surface area (Å²) in [5, 5.41) is 0.0920. The number of nitrogens with zero attached hydrogens (tertiary/aromatic N) is 1. The average Bonchev–Trinajstić information content (AvgIpc) is 2.29. The van der Waals surface area contributed by atoms with Crippen molar-refractivity contribution in [2.75, 3.05) is 31.2 Å². The number of rotatable bonds is 1. The largest absolute Gasteiger partial charge is 0.418 e. The van der Waals surface area contributed by atoms with E-state index in [0.717, 1.165) is 6.07 Å². The number of ether oxygens (including phenoxy) is 1. The number of anilines is 1. The van der Waals surface area contributed by atoms with E-state index in [2.05, 4.69) is 0 Å². The molecule has 2 rings (SSSR count). The Morgan fingerprint density at radius 2 is 1.82 bits per heavy atom. The summed E-state index contributed by atoms with van der Waals surface area (Å²) in [6, 6.07) is 3.85. The smallest absolute Gasteiger partial charge is 0.378 e. The fourth-order valence-electron chi connectivity index (χ4n) is 1.82. The topological polar surface area (TPSA) is 12.5 Å². The van der Waals surface area contributed by atoms with E-state index < -0.39 is 11.7 Å². The second kappa shape index (κ2) is 4.74. The van der Waals surface area contributed by atoms with Gasteiger partial charge < -0.3 is 9.64 Å². The number of alkyl halides is 3. The lowest BCUT2D eigenvalue weighted by atomic mass is 10.1. The van der Waals surface area contributed by atoms with Crippen LogP contribution >= 0.6 is 11.6 Å². The SMILES string of the molecule is FC(F)(F)c1cc(Cl)ccc1N1CCOCC1. The lowest BCUT2D eigenvalue weighted by Crippen LogP contribution is -2.37. The first kappa shape index (κ1) is 12.5. The summed E-state index contributed by atoms with van der Waals surface area (Å²) in [4.78, 5) is 1.67. The summed E-state index contributed by atoms with van der Waals surface area (Å²) in [5.74, 6) is 0. The van der Waals surface area contributed by atoms with Gasteiger partial charge in [0.05, 0.1) is 18.8 Å². The highest BCUT2D eigenvalue weighted by Gasteiger charge is 2.35. The van der Waals surface area contributed by atoms with Crippen LogP contribution in [0.15, 0.2) is 18.2 Å². The summed E-state index contributed by atoms with van der Waals surface area (Å²) in [5.41, 5.74) is -0.517. The van der Waals surface area contributed by atoms with Crippen molar-refractivity contribution in [1.82, 2.24) is 0 Å². The van der Waals surface area contributed by atoms with Gasteiger partial charge in [-0.05, 0) is 18.2 Å². The monoisotopic (exact) mass is 265 g/mol. The van der Waals surface area contributed by atoms with E-state index >= 15 is 0 Å². The van der Waals surface area contributed by atoms with Crippen molar-refractivity contribution in [1.29, 1.82) is 0 Å². The quantitative estimate of drug-likeness (QED) is 0.773. The van der Waals surface area contributed by atoms with Gasteiger partial charge >= 0.3 is 6.18 Å². The Morgan fingerprint density at radius 1 is 1.18 bits per heavy atom. The maximum atomic E-state index is 12.9. The van der Waals surface area contributed by atoms with Gasteiger partial charge in [-0.15, -0.1) is 0 Å². The van der Waals surface area contributed by atoms with E-state index in [1.165, 1.54) is 12.1 Å². The van der Waals surface area contributed by atoms with Crippen LogP contribution < -0.4 is 4.90 Å². The number of benzene rings is 1. The van der Waals surface area contributed by atoms with E-state index in [1.54, 1.807) is 4.90 Å². The average molecular weight is 266 g/mol. The molecule has 17 heavy (non-hydrogen) atoms. The van der Waals surface area contributed by atoms with Crippen LogP contribution in [0.4, 0.5) is 18.9 Å². The Kier molecular flexibility index (Phi) is 3.49. The van der Waals surface area contributed by atoms with Crippen molar-refractivity contribution in [3.05, 3.63) is 28.8 Å². The van der Waals surface area contributed by atoms with Crippen LogP contribution in [0, 0.1) is 0 Å². The molecule has 0 spiro atoms. The summed E-state index contributed by atoms with van der Waals surface area (Å²) >= 11 is 5.62.